The van der Waals surface area contributed by atoms with Gasteiger partial charge in [-0.2, -0.15) is 0 Å². The Hall–Kier alpha value is -7.23. The molecule has 1 aliphatic carbocycles. The first-order valence-corrected chi connectivity index (χ1v) is 24.1. The van der Waals surface area contributed by atoms with Crippen LogP contribution in [0.5, 0.6) is 0 Å². The number of aromatic nitrogens is 2. The number of aliphatic hydroxyl groups is 1. The van der Waals surface area contributed by atoms with Crippen LogP contribution in [0.3, 0.4) is 0 Å². The number of halogens is 1. The van der Waals surface area contributed by atoms with Gasteiger partial charge in [-0.3, -0.25) is 43.3 Å². The van der Waals surface area contributed by atoms with Gasteiger partial charge in [0.15, 0.2) is 17.2 Å². The Morgan fingerprint density at radius 3 is 2.42 bits per heavy atom. The van der Waals surface area contributed by atoms with Crippen LogP contribution in [0.4, 0.5) is 4.39 Å². The Labute approximate surface area is 413 Å². The number of amides is 4. The fraction of sp³-hybridized carbons (Fsp3) is 0.451. The second-order valence-corrected chi connectivity index (χ2v) is 18.4. The van der Waals surface area contributed by atoms with Crippen LogP contribution >= 0.6 is 0 Å². The zero-order chi connectivity index (χ0) is 51.9. The molecular formula is C51H59FN8O12. The molecule has 0 radical (unpaired) electrons. The number of benzene rings is 2. The molecule has 0 saturated carbocycles. The van der Waals surface area contributed by atoms with Crippen molar-refractivity contribution in [2.24, 2.45) is 5.73 Å². The fourth-order valence-corrected chi connectivity index (χ4v) is 9.69. The average molecular weight is 995 g/mol. The van der Waals surface area contributed by atoms with Crippen LogP contribution < -0.4 is 32.6 Å². The Morgan fingerprint density at radius 2 is 1.69 bits per heavy atom. The van der Waals surface area contributed by atoms with Crippen LogP contribution in [0.2, 0.25) is 0 Å². The number of pyridine rings is 2. The highest BCUT2D eigenvalue weighted by molar-refractivity contribution is 5.95. The number of carbonyl (C=O) groups is 8. The summed E-state index contributed by atoms with van der Waals surface area (Å²) in [4.78, 5) is 122. The summed E-state index contributed by atoms with van der Waals surface area (Å²) >= 11 is 0. The number of nitrogens with one attached hydrogen (secondary N) is 4. The summed E-state index contributed by atoms with van der Waals surface area (Å²) in [5.74, 6) is -5.23. The van der Waals surface area contributed by atoms with Crippen molar-refractivity contribution in [1.82, 2.24) is 35.7 Å². The first-order chi connectivity index (χ1) is 34.4. The van der Waals surface area contributed by atoms with Gasteiger partial charge in [0, 0.05) is 74.3 Å². The van der Waals surface area contributed by atoms with E-state index >= 15 is 4.39 Å². The van der Waals surface area contributed by atoms with E-state index in [4.69, 9.17) is 20.6 Å². The van der Waals surface area contributed by atoms with E-state index in [0.29, 0.717) is 51.8 Å². The minimum absolute atomic E-state index is 0.0255. The van der Waals surface area contributed by atoms with Crippen LogP contribution in [0.15, 0.2) is 47.3 Å². The minimum Gasteiger partial charge on any atom is -0.480 e. The molecule has 0 unspecified atom stereocenters. The molecule has 4 heterocycles. The monoisotopic (exact) mass is 994 g/mol. The minimum atomic E-state index is -2.04. The van der Waals surface area contributed by atoms with Crippen molar-refractivity contribution in [3.8, 4) is 11.4 Å². The van der Waals surface area contributed by atoms with Crippen molar-refractivity contribution in [3.05, 3.63) is 97.6 Å². The Bertz CT molecular complexity index is 2890. The number of rotatable bonds is 24. The molecule has 2 aromatic heterocycles. The summed E-state index contributed by atoms with van der Waals surface area (Å²) in [6.07, 6.45) is 0.334. The number of nitrogens with two attached hydrogens (primary N) is 1. The molecule has 4 amide bonds. The molecule has 0 spiro atoms. The van der Waals surface area contributed by atoms with E-state index in [0.717, 1.165) is 11.1 Å². The molecule has 72 heavy (non-hydrogen) atoms. The van der Waals surface area contributed by atoms with Crippen molar-refractivity contribution in [2.45, 2.75) is 109 Å². The van der Waals surface area contributed by atoms with E-state index in [1.807, 2.05) is 0 Å². The Morgan fingerprint density at radius 1 is 0.944 bits per heavy atom. The van der Waals surface area contributed by atoms with E-state index < -0.39 is 76.8 Å². The lowest BCUT2D eigenvalue weighted by Gasteiger charge is -2.31. The van der Waals surface area contributed by atoms with Gasteiger partial charge in [-0.1, -0.05) is 37.3 Å². The Balaban J connectivity index is 0.922. The smallest absolute Gasteiger partial charge is 0.343 e. The van der Waals surface area contributed by atoms with Gasteiger partial charge in [0.2, 0.25) is 23.6 Å². The third-order valence-electron chi connectivity index (χ3n) is 13.5. The molecule has 0 saturated heterocycles. The molecule has 21 heteroatoms. The first kappa shape index (κ1) is 52.6. The van der Waals surface area contributed by atoms with Gasteiger partial charge in [0.05, 0.1) is 60.7 Å². The number of carboxylic acids is 1. The number of aliphatic carboxylic acids is 1. The molecule has 3 aliphatic rings. The van der Waals surface area contributed by atoms with Gasteiger partial charge >= 0.3 is 11.9 Å². The van der Waals surface area contributed by atoms with Gasteiger partial charge < -0.3 is 46.5 Å². The number of ether oxygens (including phenoxy) is 1. The molecule has 4 aromatic rings. The normalized spacial score (nSPS) is 16.8. The summed E-state index contributed by atoms with van der Waals surface area (Å²) < 4.78 is 22.1. The lowest BCUT2D eigenvalue weighted by molar-refractivity contribution is -0.172. The molecule has 20 nitrogen and oxygen atoms in total. The number of hydrogen-bond donors (Lipinski definition) is 7. The third kappa shape index (κ3) is 11.7. The van der Waals surface area contributed by atoms with E-state index in [1.54, 1.807) is 50.2 Å². The maximum atomic E-state index is 15.4. The maximum Gasteiger partial charge on any atom is 0.343 e. The highest BCUT2D eigenvalue weighted by Crippen LogP contribution is 2.46. The number of carboxylic acid groups (broad SMARTS) is 1. The Kier molecular flexibility index (Phi) is 16.7. The highest BCUT2D eigenvalue weighted by Gasteiger charge is 2.46. The molecule has 7 rings (SSSR count). The number of aryl methyl sites for hydroxylation is 1. The topological polar surface area (TPSA) is 299 Å². The van der Waals surface area contributed by atoms with Crippen molar-refractivity contribution in [1.29, 1.82) is 0 Å². The van der Waals surface area contributed by atoms with Crippen LogP contribution in [0, 0.1) is 12.7 Å². The molecule has 3 atom stereocenters. The predicted octanol–water partition coefficient (Wildman–Crippen LogP) is 1.41. The molecular weight excluding hydrogens is 936 g/mol. The number of hydrogen-bond acceptors (Lipinski definition) is 14. The quantitative estimate of drug-likeness (QED) is 0.0340. The number of fused-ring (bicyclic) bond motifs is 5. The van der Waals surface area contributed by atoms with Crippen LogP contribution in [-0.4, -0.2) is 117 Å². The average Bonchev–Trinajstić information content (AvgIpc) is 3.72. The van der Waals surface area contributed by atoms with E-state index in [1.165, 1.54) is 15.5 Å². The first-order valence-electron chi connectivity index (χ1n) is 24.1. The predicted molar refractivity (Wildman–Crippen MR) is 257 cm³/mol. The number of Topliss-reactive ketones (excluding diaryl/α,β-unsaturated/α-hetero) is 2. The zero-order valence-corrected chi connectivity index (χ0v) is 40.2. The number of cyclic esters (lactones) is 1. The van der Waals surface area contributed by atoms with Gasteiger partial charge in [0.1, 0.15) is 12.4 Å². The summed E-state index contributed by atoms with van der Waals surface area (Å²) in [7, 11) is 0. The summed E-state index contributed by atoms with van der Waals surface area (Å²) in [6, 6.07) is 10.3. The number of esters is 1. The molecule has 2 aliphatic heterocycles. The highest BCUT2D eigenvalue weighted by atomic mass is 19.1. The SMILES string of the molecule is CC[C@@]1(O)C(=O)OCc2c1cc1n(c2=O)Cc2c-1nc1cc(F)c(C)c3c1c2[C@@H](NC(=O)CCCNC(=O)CCC(=O)[C@H](Cc1ccccc1)NC(=O)CCC(=O)CNC(=O)CN(CCN)CC(=O)O)CC3. The van der Waals surface area contributed by atoms with Crippen LogP contribution in [-0.2, 0) is 74.7 Å². The fourth-order valence-electron chi connectivity index (χ4n) is 9.69. The van der Waals surface area contributed by atoms with Gasteiger partial charge in [-0.05, 0) is 67.3 Å². The van der Waals surface area contributed by atoms with Crippen molar-refractivity contribution in [3.63, 3.8) is 0 Å². The summed E-state index contributed by atoms with van der Waals surface area (Å²) in [5.41, 5.74) is 7.73. The molecule has 382 valence electrons. The van der Waals surface area contributed by atoms with E-state index in [9.17, 15) is 48.3 Å². The number of ketones is 2. The summed E-state index contributed by atoms with van der Waals surface area (Å²) in [6.45, 7) is 2.44. The maximum absolute atomic E-state index is 15.4. The third-order valence-corrected chi connectivity index (χ3v) is 13.5. The lowest BCUT2D eigenvalue weighted by atomic mass is 9.81. The molecule has 2 aromatic carbocycles. The van der Waals surface area contributed by atoms with Crippen molar-refractivity contribution in [2.75, 3.05) is 39.3 Å². The molecule has 8 N–H and O–H groups in total. The summed E-state index contributed by atoms with van der Waals surface area (Å²) in [5, 5.41) is 32.1. The molecule has 0 fully saturated rings. The lowest BCUT2D eigenvalue weighted by Crippen LogP contribution is -2.44. The van der Waals surface area contributed by atoms with Crippen LogP contribution in [0.1, 0.15) is 103 Å². The van der Waals surface area contributed by atoms with Crippen LogP contribution in [0.25, 0.3) is 22.3 Å². The largest absolute Gasteiger partial charge is 0.480 e. The van der Waals surface area contributed by atoms with Gasteiger partial charge in [-0.25, -0.2) is 14.2 Å². The number of carbonyl (C=O) groups excluding carboxylic acids is 7. The zero-order valence-electron chi connectivity index (χ0n) is 40.2. The van der Waals surface area contributed by atoms with Crippen molar-refractivity contribution >= 4 is 58.0 Å². The standard InChI is InChI=1S/C51H59FN8O12/c1-3-51(71)34-21-39-48-32(24-60(39)49(69)33(34)27-72-50(51)70)47-36(13-12-31-28(2)35(52)22-38(58-48)46(31)47)56-42(64)10-7-18-54-41(63)16-14-40(62)37(20-29-8-5-4-6-9-29)57-43(65)15-11-30(61)23-55-44(66)25-59(19-17-53)26-45(67)68/h4-6,8-9,21-22,36-37,71H,3,7,10-20,23-27,53H2,1-2H3,(H,54,63)(H,55,66)(H,56,64)(H,57,65)(H,67,68)/t36-,37-,51-/m0/s1. The van der Waals surface area contributed by atoms with Gasteiger partial charge in [-0.15, -0.1) is 0 Å². The molecule has 0 bridgehead atoms. The number of nitrogens with zero attached hydrogens (tertiary/aromatic N) is 3. The van der Waals surface area contributed by atoms with E-state index in [-0.39, 0.29) is 114 Å². The van der Waals surface area contributed by atoms with Crippen molar-refractivity contribution < 1.29 is 57.7 Å². The van der Waals surface area contributed by atoms with Gasteiger partial charge in [0.25, 0.3) is 5.56 Å². The van der Waals surface area contributed by atoms with E-state index in [2.05, 4.69) is 21.3 Å². The second kappa shape index (κ2) is 22.9. The second-order valence-electron chi connectivity index (χ2n) is 18.4.